The molecule has 0 heterocycles. The monoisotopic (exact) mass is 274 g/mol. The van der Waals surface area contributed by atoms with Crippen LogP contribution >= 0.6 is 0 Å². The fraction of sp³-hybridized carbons (Fsp3) is 0.600. The van der Waals surface area contributed by atoms with E-state index in [1.807, 2.05) is 13.0 Å². The molecular formula is C10H12K2O4. The van der Waals surface area contributed by atoms with E-state index in [1.54, 1.807) is 6.08 Å². The van der Waals surface area contributed by atoms with Crippen molar-refractivity contribution in [3.63, 3.8) is 0 Å². The average molecular weight is 274 g/mol. The number of hydrogen-bond acceptors (Lipinski definition) is 4. The van der Waals surface area contributed by atoms with E-state index in [1.165, 1.54) is 0 Å². The Bertz CT molecular complexity index is 278. The summed E-state index contributed by atoms with van der Waals surface area (Å²) in [6.07, 6.45) is 3.68. The molecule has 78 valence electrons. The van der Waals surface area contributed by atoms with E-state index in [0.717, 1.165) is 0 Å². The smallest absolute Gasteiger partial charge is 0.550 e. The molecule has 3 atom stereocenters. The van der Waals surface area contributed by atoms with E-state index < -0.39 is 23.8 Å². The molecule has 1 rings (SSSR count). The number of hydrogen-bond donors (Lipinski definition) is 0. The van der Waals surface area contributed by atoms with Gasteiger partial charge in [-0.3, -0.25) is 0 Å². The maximum atomic E-state index is 10.7. The molecule has 0 N–H and O–H groups in total. The van der Waals surface area contributed by atoms with Gasteiger partial charge in [0.25, 0.3) is 0 Å². The minimum atomic E-state index is -1.22. The molecule has 0 aromatic rings. The standard InChI is InChI=1S/C10H14O4.2K/c1-6-2-3-7(5-9(11)12)8(4-6)10(13)14;;/h2-3,6-8H,4-5H2,1H3,(H,11,12)(H,13,14);;/q;2*+1/p-2. The second-order valence-corrected chi connectivity index (χ2v) is 3.76. The Kier molecular flexibility index (Phi) is 12.5. The van der Waals surface area contributed by atoms with Crippen LogP contribution in [0.3, 0.4) is 0 Å². The van der Waals surface area contributed by atoms with Crippen LogP contribution in [-0.4, -0.2) is 11.9 Å². The molecular weight excluding hydrogens is 262 g/mol. The second-order valence-electron chi connectivity index (χ2n) is 3.76. The van der Waals surface area contributed by atoms with Gasteiger partial charge in [-0.15, -0.1) is 0 Å². The zero-order valence-electron chi connectivity index (χ0n) is 9.93. The van der Waals surface area contributed by atoms with Crippen molar-refractivity contribution < 1.29 is 123 Å². The number of aliphatic carboxylic acids is 2. The van der Waals surface area contributed by atoms with Crippen molar-refractivity contribution in [2.24, 2.45) is 17.8 Å². The summed E-state index contributed by atoms with van der Waals surface area (Å²) < 4.78 is 0. The maximum absolute atomic E-state index is 10.7. The largest absolute Gasteiger partial charge is 1.00 e. The SMILES string of the molecule is CC1C=CC(CC(=O)[O-])C(C(=O)[O-])C1.[K+].[K+]. The first-order valence-corrected chi connectivity index (χ1v) is 4.59. The Morgan fingerprint density at radius 2 is 1.81 bits per heavy atom. The van der Waals surface area contributed by atoms with Gasteiger partial charge < -0.3 is 19.8 Å². The van der Waals surface area contributed by atoms with Gasteiger partial charge in [0.05, 0.1) is 0 Å². The quantitative estimate of drug-likeness (QED) is 0.378. The van der Waals surface area contributed by atoms with Crippen LogP contribution in [0.4, 0.5) is 0 Å². The molecule has 0 fully saturated rings. The Balaban J connectivity index is 0. The molecule has 1 aliphatic carbocycles. The molecule has 1 aliphatic rings. The van der Waals surface area contributed by atoms with E-state index in [9.17, 15) is 19.8 Å². The third kappa shape index (κ3) is 6.77. The Hall–Kier alpha value is 1.95. The molecule has 16 heavy (non-hydrogen) atoms. The molecule has 0 aromatic carbocycles. The normalized spacial score (nSPS) is 27.4. The van der Waals surface area contributed by atoms with Gasteiger partial charge in [0.15, 0.2) is 0 Å². The van der Waals surface area contributed by atoms with Crippen LogP contribution in [0, 0.1) is 17.8 Å². The third-order valence-electron chi connectivity index (χ3n) is 2.53. The summed E-state index contributed by atoms with van der Waals surface area (Å²) in [7, 11) is 0. The summed E-state index contributed by atoms with van der Waals surface area (Å²) in [5, 5.41) is 21.1. The zero-order chi connectivity index (χ0) is 10.7. The number of rotatable bonds is 3. The van der Waals surface area contributed by atoms with Crippen LogP contribution in [0.15, 0.2) is 12.2 Å². The maximum Gasteiger partial charge on any atom is 1.00 e. The topological polar surface area (TPSA) is 80.3 Å². The molecule has 0 spiro atoms. The molecule has 0 amide bonds. The number of carboxylic acid groups (broad SMARTS) is 2. The van der Waals surface area contributed by atoms with Crippen molar-refractivity contribution in [3.8, 4) is 0 Å². The van der Waals surface area contributed by atoms with Crippen LogP contribution < -0.4 is 113 Å². The second kappa shape index (κ2) is 9.83. The average Bonchev–Trinajstić information content (AvgIpc) is 2.07. The number of allylic oxidation sites excluding steroid dienone is 2. The van der Waals surface area contributed by atoms with Gasteiger partial charge in [-0.2, -0.15) is 0 Å². The van der Waals surface area contributed by atoms with Gasteiger partial charge in [-0.25, -0.2) is 0 Å². The molecule has 3 unspecified atom stereocenters. The predicted octanol–water partition coefficient (Wildman–Crippen LogP) is -7.29. The van der Waals surface area contributed by atoms with Gasteiger partial charge in [0.2, 0.25) is 0 Å². The predicted molar refractivity (Wildman–Crippen MR) is 44.5 cm³/mol. The molecule has 0 saturated carbocycles. The minimum absolute atomic E-state index is 0. The fourth-order valence-corrected chi connectivity index (χ4v) is 1.79. The molecule has 0 aliphatic heterocycles. The first-order chi connectivity index (χ1) is 6.50. The Morgan fingerprint density at radius 3 is 2.25 bits per heavy atom. The molecule has 0 aromatic heterocycles. The minimum Gasteiger partial charge on any atom is -0.550 e. The van der Waals surface area contributed by atoms with E-state index in [4.69, 9.17) is 0 Å². The molecule has 0 saturated heterocycles. The molecule has 0 bridgehead atoms. The third-order valence-corrected chi connectivity index (χ3v) is 2.53. The molecule has 0 radical (unpaired) electrons. The van der Waals surface area contributed by atoms with Crippen molar-refractivity contribution in [2.45, 2.75) is 19.8 Å². The van der Waals surface area contributed by atoms with E-state index >= 15 is 0 Å². The fourth-order valence-electron chi connectivity index (χ4n) is 1.79. The summed E-state index contributed by atoms with van der Waals surface area (Å²) in [6.45, 7) is 1.89. The summed E-state index contributed by atoms with van der Waals surface area (Å²) in [5.41, 5.74) is 0. The van der Waals surface area contributed by atoms with E-state index in [0.29, 0.717) is 6.42 Å². The number of carboxylic acids is 2. The van der Waals surface area contributed by atoms with E-state index in [-0.39, 0.29) is 115 Å². The molecule has 4 nitrogen and oxygen atoms in total. The number of carbonyl (C=O) groups excluding carboxylic acids is 2. The van der Waals surface area contributed by atoms with Gasteiger partial charge >= 0.3 is 103 Å². The first-order valence-electron chi connectivity index (χ1n) is 4.59. The Labute approximate surface area is 180 Å². The van der Waals surface area contributed by atoms with Crippen molar-refractivity contribution in [1.82, 2.24) is 0 Å². The van der Waals surface area contributed by atoms with Gasteiger partial charge in [0.1, 0.15) is 0 Å². The summed E-state index contributed by atoms with van der Waals surface area (Å²) >= 11 is 0. The van der Waals surface area contributed by atoms with Crippen molar-refractivity contribution >= 4 is 11.9 Å². The Morgan fingerprint density at radius 1 is 1.25 bits per heavy atom. The number of carbonyl (C=O) groups is 2. The van der Waals surface area contributed by atoms with Crippen molar-refractivity contribution in [3.05, 3.63) is 12.2 Å². The summed E-state index contributed by atoms with van der Waals surface area (Å²) in [5.74, 6) is -3.42. The summed E-state index contributed by atoms with van der Waals surface area (Å²) in [4.78, 5) is 21.1. The van der Waals surface area contributed by atoms with Crippen LogP contribution in [-0.2, 0) is 9.59 Å². The van der Waals surface area contributed by atoms with Crippen molar-refractivity contribution in [1.29, 1.82) is 0 Å². The van der Waals surface area contributed by atoms with Crippen LogP contribution in [0.1, 0.15) is 19.8 Å². The first kappa shape index (κ1) is 20.3. The van der Waals surface area contributed by atoms with Crippen LogP contribution in [0.25, 0.3) is 0 Å². The zero-order valence-corrected chi connectivity index (χ0v) is 16.2. The van der Waals surface area contributed by atoms with Gasteiger partial charge in [-0.1, -0.05) is 19.1 Å². The van der Waals surface area contributed by atoms with E-state index in [2.05, 4.69) is 0 Å². The van der Waals surface area contributed by atoms with Crippen LogP contribution in [0.5, 0.6) is 0 Å². The van der Waals surface area contributed by atoms with Gasteiger partial charge in [-0.05, 0) is 24.7 Å². The van der Waals surface area contributed by atoms with Crippen molar-refractivity contribution in [2.75, 3.05) is 0 Å². The summed E-state index contributed by atoms with van der Waals surface area (Å²) in [6, 6.07) is 0. The van der Waals surface area contributed by atoms with Crippen LogP contribution in [0.2, 0.25) is 0 Å². The van der Waals surface area contributed by atoms with Gasteiger partial charge in [0, 0.05) is 17.9 Å². The molecule has 6 heteroatoms.